The van der Waals surface area contributed by atoms with Crippen molar-refractivity contribution in [1.82, 2.24) is 5.32 Å². The van der Waals surface area contributed by atoms with Crippen molar-refractivity contribution in [3.63, 3.8) is 0 Å². The van der Waals surface area contributed by atoms with Crippen molar-refractivity contribution in [3.05, 3.63) is 34.4 Å². The summed E-state index contributed by atoms with van der Waals surface area (Å²) in [7, 11) is 0. The van der Waals surface area contributed by atoms with Crippen molar-refractivity contribution in [1.29, 1.82) is 0 Å². The van der Waals surface area contributed by atoms with Crippen LogP contribution in [0.2, 0.25) is 5.02 Å². The highest BCUT2D eigenvalue weighted by molar-refractivity contribution is 6.34. The molecule has 0 spiro atoms. The van der Waals surface area contributed by atoms with E-state index in [1.54, 1.807) is 0 Å². The van der Waals surface area contributed by atoms with Crippen LogP contribution < -0.4 is 5.32 Å². The van der Waals surface area contributed by atoms with Gasteiger partial charge in [0.15, 0.2) is 17.4 Å². The number of carbonyl (C=O) groups is 1. The van der Waals surface area contributed by atoms with Crippen molar-refractivity contribution in [2.45, 2.75) is 12.8 Å². The normalized spacial score (nSPS) is 17.1. The Hall–Kier alpha value is -1.00. The molecule has 1 fully saturated rings. The molecular formula is C12H12ClF2NO. The molecule has 0 atom stereocenters. The SMILES string of the molecule is O=C(c1cc(F)c(F)cc1Cl)C1CCNCC1. The van der Waals surface area contributed by atoms with Gasteiger partial charge in [-0.2, -0.15) is 0 Å². The number of piperidine rings is 1. The third-order valence-corrected chi connectivity index (χ3v) is 3.30. The molecule has 0 aliphatic carbocycles. The maximum Gasteiger partial charge on any atom is 0.167 e. The largest absolute Gasteiger partial charge is 0.317 e. The van der Waals surface area contributed by atoms with E-state index in [0.717, 1.165) is 25.2 Å². The number of hydrogen-bond donors (Lipinski definition) is 1. The molecule has 2 nitrogen and oxygen atoms in total. The quantitative estimate of drug-likeness (QED) is 0.654. The minimum absolute atomic E-state index is 0.0209. The summed E-state index contributed by atoms with van der Waals surface area (Å²) < 4.78 is 26.0. The van der Waals surface area contributed by atoms with Crippen LogP contribution in [0, 0.1) is 17.6 Å². The average molecular weight is 260 g/mol. The lowest BCUT2D eigenvalue weighted by atomic mass is 9.89. The van der Waals surface area contributed by atoms with Gasteiger partial charge in [-0.05, 0) is 38.1 Å². The van der Waals surface area contributed by atoms with Crippen LogP contribution in [0.5, 0.6) is 0 Å². The highest BCUT2D eigenvalue weighted by atomic mass is 35.5. The van der Waals surface area contributed by atoms with Crippen molar-refractivity contribution in [2.24, 2.45) is 5.92 Å². The second kappa shape index (κ2) is 5.10. The smallest absolute Gasteiger partial charge is 0.167 e. The molecule has 1 heterocycles. The van der Waals surface area contributed by atoms with Crippen molar-refractivity contribution < 1.29 is 13.6 Å². The van der Waals surface area contributed by atoms with Gasteiger partial charge in [0.2, 0.25) is 0 Å². The summed E-state index contributed by atoms with van der Waals surface area (Å²) in [5.41, 5.74) is 0.0810. The van der Waals surface area contributed by atoms with Crippen molar-refractivity contribution in [3.8, 4) is 0 Å². The van der Waals surface area contributed by atoms with Crippen LogP contribution in [0.1, 0.15) is 23.2 Å². The summed E-state index contributed by atoms with van der Waals surface area (Å²) in [6.45, 7) is 1.52. The van der Waals surface area contributed by atoms with E-state index >= 15 is 0 Å². The van der Waals surface area contributed by atoms with Gasteiger partial charge in [-0.3, -0.25) is 4.79 Å². The van der Waals surface area contributed by atoms with Crippen LogP contribution in [0.25, 0.3) is 0 Å². The maximum atomic E-state index is 13.1. The summed E-state index contributed by atoms with van der Waals surface area (Å²) in [4.78, 5) is 12.1. The molecule has 0 bridgehead atoms. The molecule has 2 rings (SSSR count). The molecule has 1 N–H and O–H groups in total. The Bertz CT molecular complexity index is 444. The summed E-state index contributed by atoms with van der Waals surface area (Å²) in [6.07, 6.45) is 1.41. The average Bonchev–Trinajstić information content (AvgIpc) is 2.34. The van der Waals surface area contributed by atoms with Crippen LogP contribution in [0.15, 0.2) is 12.1 Å². The Morgan fingerprint density at radius 3 is 2.47 bits per heavy atom. The van der Waals surface area contributed by atoms with Crippen LogP contribution in [-0.2, 0) is 0 Å². The van der Waals surface area contributed by atoms with E-state index in [1.165, 1.54) is 0 Å². The van der Waals surface area contributed by atoms with Crippen molar-refractivity contribution >= 4 is 17.4 Å². The van der Waals surface area contributed by atoms with E-state index in [0.29, 0.717) is 12.8 Å². The minimum Gasteiger partial charge on any atom is -0.317 e. The van der Waals surface area contributed by atoms with Crippen LogP contribution in [-0.4, -0.2) is 18.9 Å². The molecule has 1 aromatic carbocycles. The topological polar surface area (TPSA) is 29.1 Å². The van der Waals surface area contributed by atoms with Crippen LogP contribution in [0.4, 0.5) is 8.78 Å². The van der Waals surface area contributed by atoms with Gasteiger partial charge in [0.1, 0.15) is 0 Å². The number of nitrogens with one attached hydrogen (secondary N) is 1. The number of benzene rings is 1. The summed E-state index contributed by atoms with van der Waals surface area (Å²) in [5, 5.41) is 3.12. The first-order valence-electron chi connectivity index (χ1n) is 5.49. The van der Waals surface area contributed by atoms with E-state index in [1.807, 2.05) is 0 Å². The zero-order valence-corrected chi connectivity index (χ0v) is 9.86. The van der Waals surface area contributed by atoms with Crippen LogP contribution in [0.3, 0.4) is 0 Å². The van der Waals surface area contributed by atoms with E-state index in [2.05, 4.69) is 5.32 Å². The number of hydrogen-bond acceptors (Lipinski definition) is 2. The zero-order valence-electron chi connectivity index (χ0n) is 9.10. The standard InChI is InChI=1S/C12H12ClF2NO/c13-9-6-11(15)10(14)5-8(9)12(17)7-1-3-16-4-2-7/h5-7,16H,1-4H2. The monoisotopic (exact) mass is 259 g/mol. The fourth-order valence-electron chi connectivity index (χ4n) is 2.02. The maximum absolute atomic E-state index is 13.1. The molecule has 0 aromatic heterocycles. The second-order valence-electron chi connectivity index (χ2n) is 4.13. The third kappa shape index (κ3) is 2.64. The summed E-state index contributed by atoms with van der Waals surface area (Å²) in [6, 6.07) is 1.74. The fourth-order valence-corrected chi connectivity index (χ4v) is 2.26. The molecule has 1 aliphatic rings. The van der Waals surface area contributed by atoms with E-state index in [9.17, 15) is 13.6 Å². The molecule has 0 radical (unpaired) electrons. The number of Topliss-reactive ketones (excluding diaryl/α,β-unsaturated/α-hetero) is 1. The Labute approximate surface area is 103 Å². The molecule has 1 aliphatic heterocycles. The van der Waals surface area contributed by atoms with Gasteiger partial charge in [-0.25, -0.2) is 8.78 Å². The Morgan fingerprint density at radius 2 is 1.82 bits per heavy atom. The molecular weight excluding hydrogens is 248 g/mol. The first-order chi connectivity index (χ1) is 8.09. The lowest BCUT2D eigenvalue weighted by Crippen LogP contribution is -2.32. The third-order valence-electron chi connectivity index (χ3n) is 2.99. The van der Waals surface area contributed by atoms with E-state index < -0.39 is 11.6 Å². The first-order valence-corrected chi connectivity index (χ1v) is 5.87. The molecule has 92 valence electrons. The summed E-state index contributed by atoms with van der Waals surface area (Å²) >= 11 is 5.77. The zero-order chi connectivity index (χ0) is 12.4. The predicted molar refractivity (Wildman–Crippen MR) is 61.3 cm³/mol. The highest BCUT2D eigenvalue weighted by Crippen LogP contribution is 2.25. The Balaban J connectivity index is 2.26. The lowest BCUT2D eigenvalue weighted by Gasteiger charge is -2.21. The molecule has 1 saturated heterocycles. The minimum atomic E-state index is -1.04. The van der Waals surface area contributed by atoms with Gasteiger partial charge in [0.05, 0.1) is 5.02 Å². The molecule has 0 unspecified atom stereocenters. The van der Waals surface area contributed by atoms with Gasteiger partial charge < -0.3 is 5.32 Å². The number of rotatable bonds is 2. The number of carbonyl (C=O) groups excluding carboxylic acids is 1. The van der Waals surface area contributed by atoms with Gasteiger partial charge in [-0.1, -0.05) is 11.6 Å². The molecule has 1 aromatic rings. The van der Waals surface area contributed by atoms with Gasteiger partial charge in [0, 0.05) is 11.5 Å². The predicted octanol–water partition coefficient (Wildman–Crippen LogP) is 2.80. The van der Waals surface area contributed by atoms with Gasteiger partial charge in [0.25, 0.3) is 0 Å². The van der Waals surface area contributed by atoms with E-state index in [4.69, 9.17) is 11.6 Å². The molecule has 5 heteroatoms. The van der Waals surface area contributed by atoms with Gasteiger partial charge >= 0.3 is 0 Å². The molecule has 0 saturated carbocycles. The van der Waals surface area contributed by atoms with Crippen LogP contribution >= 0.6 is 11.6 Å². The Morgan fingerprint density at radius 1 is 1.24 bits per heavy atom. The summed E-state index contributed by atoms with van der Waals surface area (Å²) in [5.74, 6) is -2.42. The number of halogens is 3. The number of ketones is 1. The fraction of sp³-hybridized carbons (Fsp3) is 0.417. The first kappa shape index (κ1) is 12.5. The van der Waals surface area contributed by atoms with Crippen molar-refractivity contribution in [2.75, 3.05) is 13.1 Å². The molecule has 0 amide bonds. The van der Waals surface area contributed by atoms with E-state index in [-0.39, 0.29) is 22.3 Å². The highest BCUT2D eigenvalue weighted by Gasteiger charge is 2.25. The van der Waals surface area contributed by atoms with Gasteiger partial charge in [-0.15, -0.1) is 0 Å². The second-order valence-corrected chi connectivity index (χ2v) is 4.54. The lowest BCUT2D eigenvalue weighted by molar-refractivity contribution is 0.0894. The molecule has 17 heavy (non-hydrogen) atoms. The Kier molecular flexibility index (Phi) is 3.74.